The van der Waals surface area contributed by atoms with Gasteiger partial charge in [0.2, 0.25) is 0 Å². The van der Waals surface area contributed by atoms with Crippen LogP contribution in [0.15, 0.2) is 0 Å². The Morgan fingerprint density at radius 3 is 2.44 bits per heavy atom. The van der Waals surface area contributed by atoms with Crippen LogP contribution in [0.1, 0.15) is 39.0 Å². The van der Waals surface area contributed by atoms with Crippen molar-refractivity contribution in [2.75, 3.05) is 20.8 Å². The molecule has 2 bridgehead atoms. The largest absolute Gasteiger partial charge is 0.383 e. The smallest absolute Gasteiger partial charge is 0.0615 e. The first-order valence-corrected chi connectivity index (χ1v) is 6.70. The van der Waals surface area contributed by atoms with Crippen molar-refractivity contribution < 1.29 is 4.74 Å². The van der Waals surface area contributed by atoms with Crippen molar-refractivity contribution in [3.63, 3.8) is 0 Å². The number of nitrogens with one attached hydrogen (secondary N) is 1. The van der Waals surface area contributed by atoms with Crippen LogP contribution in [0.4, 0.5) is 0 Å². The molecule has 3 heteroatoms. The Balaban J connectivity index is 2.02. The Labute approximate surface area is 99.5 Å². The average Bonchev–Trinajstić information content (AvgIpc) is 2.27. The molecule has 3 unspecified atom stereocenters. The summed E-state index contributed by atoms with van der Waals surface area (Å²) in [5.41, 5.74) is 0. The Morgan fingerprint density at radius 1 is 1.31 bits per heavy atom. The van der Waals surface area contributed by atoms with Crippen molar-refractivity contribution in [2.24, 2.45) is 0 Å². The van der Waals surface area contributed by atoms with E-state index in [4.69, 9.17) is 4.74 Å². The molecular formula is C13H26N2O. The van der Waals surface area contributed by atoms with Crippen LogP contribution in [-0.4, -0.2) is 49.8 Å². The fourth-order valence-corrected chi connectivity index (χ4v) is 3.70. The van der Waals surface area contributed by atoms with Gasteiger partial charge in [0.15, 0.2) is 0 Å². The van der Waals surface area contributed by atoms with Crippen LogP contribution in [0, 0.1) is 0 Å². The third kappa shape index (κ3) is 2.41. The van der Waals surface area contributed by atoms with Crippen LogP contribution >= 0.6 is 0 Å². The van der Waals surface area contributed by atoms with Crippen LogP contribution in [0.3, 0.4) is 0 Å². The van der Waals surface area contributed by atoms with Gasteiger partial charge in [-0.05, 0) is 39.7 Å². The fourth-order valence-electron chi connectivity index (χ4n) is 3.70. The van der Waals surface area contributed by atoms with Crippen LogP contribution in [0.5, 0.6) is 0 Å². The van der Waals surface area contributed by atoms with Crippen molar-refractivity contribution in [1.29, 1.82) is 0 Å². The highest BCUT2D eigenvalue weighted by Crippen LogP contribution is 2.35. The highest BCUT2D eigenvalue weighted by Gasteiger charge is 2.39. The summed E-state index contributed by atoms with van der Waals surface area (Å²) in [6, 6.07) is 2.89. The molecule has 0 saturated carbocycles. The quantitative estimate of drug-likeness (QED) is 0.788. The molecule has 2 saturated heterocycles. The van der Waals surface area contributed by atoms with Gasteiger partial charge in [0.1, 0.15) is 0 Å². The van der Waals surface area contributed by atoms with Gasteiger partial charge in [-0.15, -0.1) is 0 Å². The summed E-state index contributed by atoms with van der Waals surface area (Å²) in [7, 11) is 3.92. The van der Waals surface area contributed by atoms with E-state index < -0.39 is 0 Å². The van der Waals surface area contributed by atoms with Gasteiger partial charge in [-0.3, -0.25) is 4.90 Å². The fraction of sp³-hybridized carbons (Fsp3) is 1.00. The maximum absolute atomic E-state index is 5.32. The first-order valence-electron chi connectivity index (χ1n) is 6.70. The van der Waals surface area contributed by atoms with Gasteiger partial charge < -0.3 is 10.1 Å². The van der Waals surface area contributed by atoms with E-state index in [1.165, 1.54) is 32.1 Å². The predicted octanol–water partition coefficient (Wildman–Crippen LogP) is 1.63. The number of methoxy groups -OCH3 is 1. The van der Waals surface area contributed by atoms with Gasteiger partial charge in [-0.2, -0.15) is 0 Å². The van der Waals surface area contributed by atoms with Crippen LogP contribution in [0.25, 0.3) is 0 Å². The molecule has 2 aliphatic rings. The van der Waals surface area contributed by atoms with E-state index >= 15 is 0 Å². The SMILES string of the molecule is CNC1CC2CCCC(C1)N2C(C)COC. The highest BCUT2D eigenvalue weighted by atomic mass is 16.5. The van der Waals surface area contributed by atoms with Gasteiger partial charge in [0.05, 0.1) is 6.61 Å². The summed E-state index contributed by atoms with van der Waals surface area (Å²) in [6.07, 6.45) is 6.82. The van der Waals surface area contributed by atoms with E-state index in [-0.39, 0.29) is 0 Å². The predicted molar refractivity (Wildman–Crippen MR) is 66.7 cm³/mol. The first kappa shape index (κ1) is 12.3. The molecule has 2 rings (SSSR count). The van der Waals surface area contributed by atoms with Gasteiger partial charge in [-0.25, -0.2) is 0 Å². The number of nitrogens with zero attached hydrogens (tertiary/aromatic N) is 1. The van der Waals surface area contributed by atoms with E-state index in [0.29, 0.717) is 6.04 Å². The zero-order valence-electron chi connectivity index (χ0n) is 10.9. The Bertz CT molecular complexity index is 208. The summed E-state index contributed by atoms with van der Waals surface area (Å²) in [6.45, 7) is 3.19. The molecule has 0 aliphatic carbocycles. The number of fused-ring (bicyclic) bond motifs is 2. The summed E-state index contributed by atoms with van der Waals surface area (Å²) in [4.78, 5) is 2.74. The lowest BCUT2D eigenvalue weighted by molar-refractivity contribution is -0.0275. The number of piperidine rings is 2. The number of ether oxygens (including phenoxy) is 1. The minimum Gasteiger partial charge on any atom is -0.383 e. The monoisotopic (exact) mass is 226 g/mol. The van der Waals surface area contributed by atoms with Crippen LogP contribution in [-0.2, 0) is 4.74 Å². The van der Waals surface area contributed by atoms with Gasteiger partial charge >= 0.3 is 0 Å². The van der Waals surface area contributed by atoms with Crippen molar-refractivity contribution >= 4 is 0 Å². The van der Waals surface area contributed by atoms with Crippen molar-refractivity contribution in [3.8, 4) is 0 Å². The second-order valence-electron chi connectivity index (χ2n) is 5.45. The Morgan fingerprint density at radius 2 is 1.94 bits per heavy atom. The number of rotatable bonds is 4. The minimum atomic E-state index is 0.582. The van der Waals surface area contributed by atoms with E-state index in [0.717, 1.165) is 24.7 Å². The molecule has 0 radical (unpaired) electrons. The molecule has 0 aromatic carbocycles. The Hall–Kier alpha value is -0.120. The van der Waals surface area contributed by atoms with Crippen molar-refractivity contribution in [2.45, 2.75) is 63.2 Å². The van der Waals surface area contributed by atoms with E-state index in [2.05, 4.69) is 24.2 Å². The first-order chi connectivity index (χ1) is 7.76. The molecule has 0 spiro atoms. The normalized spacial score (nSPS) is 37.3. The maximum Gasteiger partial charge on any atom is 0.0615 e. The summed E-state index contributed by atoms with van der Waals surface area (Å²) in [5, 5.41) is 3.47. The molecule has 2 aliphatic heterocycles. The average molecular weight is 226 g/mol. The highest BCUT2D eigenvalue weighted by molar-refractivity contribution is 4.96. The van der Waals surface area contributed by atoms with Crippen molar-refractivity contribution in [1.82, 2.24) is 10.2 Å². The van der Waals surface area contributed by atoms with Gasteiger partial charge in [0, 0.05) is 31.3 Å². The van der Waals surface area contributed by atoms with Crippen molar-refractivity contribution in [3.05, 3.63) is 0 Å². The molecular weight excluding hydrogens is 200 g/mol. The molecule has 1 N–H and O–H groups in total. The minimum absolute atomic E-state index is 0.582. The molecule has 3 nitrogen and oxygen atoms in total. The van der Waals surface area contributed by atoms with Gasteiger partial charge in [-0.1, -0.05) is 6.42 Å². The zero-order chi connectivity index (χ0) is 11.5. The molecule has 16 heavy (non-hydrogen) atoms. The van der Waals surface area contributed by atoms with E-state index in [1.807, 2.05) is 7.11 Å². The lowest BCUT2D eigenvalue weighted by Gasteiger charge is -2.51. The summed E-state index contributed by atoms with van der Waals surface area (Å²) >= 11 is 0. The second kappa shape index (κ2) is 5.48. The lowest BCUT2D eigenvalue weighted by Crippen LogP contribution is -2.59. The van der Waals surface area contributed by atoms with Crippen LogP contribution in [0.2, 0.25) is 0 Å². The Kier molecular flexibility index (Phi) is 4.22. The van der Waals surface area contributed by atoms with E-state index in [1.54, 1.807) is 0 Å². The molecule has 0 aromatic heterocycles. The van der Waals surface area contributed by atoms with Gasteiger partial charge in [0.25, 0.3) is 0 Å². The second-order valence-corrected chi connectivity index (χ2v) is 5.45. The third-order valence-electron chi connectivity index (χ3n) is 4.36. The number of hydrogen-bond donors (Lipinski definition) is 1. The molecule has 3 atom stereocenters. The lowest BCUT2D eigenvalue weighted by atomic mass is 9.81. The molecule has 94 valence electrons. The summed E-state index contributed by atoms with van der Waals surface area (Å²) in [5.74, 6) is 0. The molecule has 0 aromatic rings. The molecule has 2 fully saturated rings. The standard InChI is InChI=1S/C13H26N2O/c1-10(9-16-3)15-12-5-4-6-13(15)8-11(7-12)14-2/h10-14H,4-9H2,1-3H3. The molecule has 2 heterocycles. The maximum atomic E-state index is 5.32. The topological polar surface area (TPSA) is 24.5 Å². The third-order valence-corrected chi connectivity index (χ3v) is 4.36. The zero-order valence-corrected chi connectivity index (χ0v) is 10.9. The molecule has 0 amide bonds. The number of hydrogen-bond acceptors (Lipinski definition) is 3. The van der Waals surface area contributed by atoms with Crippen LogP contribution < -0.4 is 5.32 Å². The summed E-state index contributed by atoms with van der Waals surface area (Å²) < 4.78 is 5.32. The van der Waals surface area contributed by atoms with E-state index in [9.17, 15) is 0 Å².